The molecular weight excluding hydrogens is 191 g/mol. The van der Waals surface area contributed by atoms with Gasteiger partial charge in [0.15, 0.2) is 0 Å². The van der Waals surface area contributed by atoms with E-state index in [-0.39, 0.29) is 23.6 Å². The second-order valence-electron chi connectivity index (χ2n) is 4.36. The van der Waals surface area contributed by atoms with E-state index in [1.54, 1.807) is 7.11 Å². The van der Waals surface area contributed by atoms with E-state index < -0.39 is 0 Å². The molecule has 0 N–H and O–H groups in total. The summed E-state index contributed by atoms with van der Waals surface area (Å²) in [5, 5.41) is 0. The largest absolute Gasteiger partial charge is 0.495 e. The minimum atomic E-state index is -0.356. The molecule has 1 heterocycles. The van der Waals surface area contributed by atoms with Crippen molar-refractivity contribution < 1.29 is 14.2 Å². The smallest absolute Gasteiger partial charge is 0.133 e. The second-order valence-corrected chi connectivity index (χ2v) is 4.36. The lowest BCUT2D eigenvalue weighted by molar-refractivity contribution is -0.120. The molecule has 0 aromatic carbocycles. The van der Waals surface area contributed by atoms with Crippen LogP contribution in [-0.2, 0) is 14.2 Å². The molecule has 2 radical (unpaired) electrons. The Morgan fingerprint density at radius 2 is 2.47 bits per heavy atom. The Morgan fingerprint density at radius 1 is 1.67 bits per heavy atom. The van der Waals surface area contributed by atoms with Gasteiger partial charge in [-0.15, -0.1) is 0 Å². The highest BCUT2D eigenvalue weighted by molar-refractivity contribution is 6.11. The normalized spacial score (nSPS) is 43.9. The second kappa shape index (κ2) is 4.18. The maximum Gasteiger partial charge on any atom is 0.133 e. The van der Waals surface area contributed by atoms with E-state index in [1.165, 1.54) is 6.26 Å². The standard InChI is InChI=1S/C11H17BO3/c1-3-14-9-8-5-4-6-11(9,7-13-2)15-10(8)12/h3,8-10H,1,4-7H2,2H3. The van der Waals surface area contributed by atoms with E-state index in [4.69, 9.17) is 22.1 Å². The number of methoxy groups -OCH3 is 1. The summed E-state index contributed by atoms with van der Waals surface area (Å²) < 4.78 is 16.7. The molecular formula is C11H17BO3. The maximum atomic E-state index is 5.96. The van der Waals surface area contributed by atoms with Crippen molar-refractivity contribution in [1.29, 1.82) is 0 Å². The first-order valence-electron chi connectivity index (χ1n) is 5.42. The first kappa shape index (κ1) is 11.0. The van der Waals surface area contributed by atoms with Crippen LogP contribution in [0, 0.1) is 5.92 Å². The van der Waals surface area contributed by atoms with E-state index in [0.29, 0.717) is 6.61 Å². The third-order valence-corrected chi connectivity index (χ3v) is 3.47. The number of hydrogen-bond acceptors (Lipinski definition) is 3. The van der Waals surface area contributed by atoms with Crippen molar-refractivity contribution in [2.24, 2.45) is 5.92 Å². The minimum absolute atomic E-state index is 0.00120. The van der Waals surface area contributed by atoms with Crippen LogP contribution in [0.3, 0.4) is 0 Å². The van der Waals surface area contributed by atoms with Gasteiger partial charge in [-0.1, -0.05) is 6.58 Å². The van der Waals surface area contributed by atoms with Gasteiger partial charge in [0.05, 0.1) is 12.9 Å². The van der Waals surface area contributed by atoms with E-state index in [2.05, 4.69) is 6.58 Å². The summed E-state index contributed by atoms with van der Waals surface area (Å²) in [7, 11) is 7.64. The molecule has 15 heavy (non-hydrogen) atoms. The van der Waals surface area contributed by atoms with E-state index in [9.17, 15) is 0 Å². The molecule has 0 spiro atoms. The molecule has 82 valence electrons. The number of ether oxygens (including phenoxy) is 3. The molecule has 0 aromatic heterocycles. The molecule has 0 aromatic rings. The molecule has 2 rings (SSSR count). The number of fused-ring (bicyclic) bond motifs is 2. The first-order chi connectivity index (χ1) is 7.23. The van der Waals surface area contributed by atoms with Crippen molar-refractivity contribution >= 4 is 7.85 Å². The van der Waals surface area contributed by atoms with Crippen molar-refractivity contribution in [3.05, 3.63) is 12.8 Å². The molecule has 2 fully saturated rings. The van der Waals surface area contributed by atoms with Gasteiger partial charge in [-0.05, 0) is 19.3 Å². The Morgan fingerprint density at radius 3 is 3.13 bits per heavy atom. The Labute approximate surface area is 92.2 Å². The number of hydrogen-bond donors (Lipinski definition) is 0. The van der Waals surface area contributed by atoms with Crippen molar-refractivity contribution in [3.63, 3.8) is 0 Å². The summed E-state index contributed by atoms with van der Waals surface area (Å²) in [6.45, 7) is 4.15. The van der Waals surface area contributed by atoms with Crippen LogP contribution in [0.1, 0.15) is 19.3 Å². The fourth-order valence-corrected chi connectivity index (χ4v) is 2.90. The molecule has 4 atom stereocenters. The minimum Gasteiger partial charge on any atom is -0.495 e. The fraction of sp³-hybridized carbons (Fsp3) is 0.818. The van der Waals surface area contributed by atoms with Gasteiger partial charge >= 0.3 is 0 Å². The highest BCUT2D eigenvalue weighted by Crippen LogP contribution is 2.46. The van der Waals surface area contributed by atoms with E-state index in [0.717, 1.165) is 19.3 Å². The third-order valence-electron chi connectivity index (χ3n) is 3.47. The van der Waals surface area contributed by atoms with Gasteiger partial charge in [-0.3, -0.25) is 0 Å². The molecule has 1 saturated heterocycles. The van der Waals surface area contributed by atoms with Gasteiger partial charge in [0.2, 0.25) is 0 Å². The topological polar surface area (TPSA) is 27.7 Å². The molecule has 2 aliphatic rings. The molecule has 3 nitrogen and oxygen atoms in total. The van der Waals surface area contributed by atoms with Crippen LogP contribution in [0.4, 0.5) is 0 Å². The summed E-state index contributed by atoms with van der Waals surface area (Å²) in [4.78, 5) is 0. The Kier molecular flexibility index (Phi) is 3.07. The maximum absolute atomic E-state index is 5.96. The molecule has 0 amide bonds. The van der Waals surface area contributed by atoms with Gasteiger partial charge < -0.3 is 14.2 Å². The monoisotopic (exact) mass is 208 g/mol. The van der Waals surface area contributed by atoms with Crippen LogP contribution in [-0.4, -0.2) is 39.3 Å². The predicted molar refractivity (Wildman–Crippen MR) is 57.6 cm³/mol. The number of rotatable bonds is 4. The summed E-state index contributed by atoms with van der Waals surface area (Å²) in [6, 6.07) is -0.229. The molecule has 4 unspecified atom stereocenters. The molecule has 1 aliphatic heterocycles. The summed E-state index contributed by atoms with van der Waals surface area (Å²) >= 11 is 0. The van der Waals surface area contributed by atoms with Gasteiger partial charge in [-0.25, -0.2) is 0 Å². The van der Waals surface area contributed by atoms with E-state index in [1.807, 2.05) is 0 Å². The van der Waals surface area contributed by atoms with Crippen LogP contribution in [0.2, 0.25) is 0 Å². The highest BCUT2D eigenvalue weighted by Gasteiger charge is 2.56. The van der Waals surface area contributed by atoms with Crippen molar-refractivity contribution in [2.75, 3.05) is 13.7 Å². The molecule has 4 heteroatoms. The van der Waals surface area contributed by atoms with Crippen LogP contribution in [0.15, 0.2) is 12.8 Å². The summed E-state index contributed by atoms with van der Waals surface area (Å²) in [6.07, 6.45) is 4.61. The SMILES string of the molecule is [B]C1OC2(COC)CCCC1C2OC=C. The Hall–Kier alpha value is -0.475. The highest BCUT2D eigenvalue weighted by atomic mass is 16.6. The predicted octanol–water partition coefficient (Wildman–Crippen LogP) is 1.23. The Bertz CT molecular complexity index is 242. The van der Waals surface area contributed by atoms with Gasteiger partial charge in [0, 0.05) is 19.0 Å². The van der Waals surface area contributed by atoms with Crippen molar-refractivity contribution in [2.45, 2.75) is 37.0 Å². The zero-order chi connectivity index (χ0) is 10.9. The first-order valence-corrected chi connectivity index (χ1v) is 5.42. The summed E-state index contributed by atoms with van der Waals surface area (Å²) in [5.74, 6) is 0.270. The average molecular weight is 208 g/mol. The zero-order valence-electron chi connectivity index (χ0n) is 9.15. The van der Waals surface area contributed by atoms with Crippen molar-refractivity contribution in [1.82, 2.24) is 0 Å². The Balaban J connectivity index is 2.21. The van der Waals surface area contributed by atoms with Crippen molar-refractivity contribution in [3.8, 4) is 0 Å². The third kappa shape index (κ3) is 1.70. The van der Waals surface area contributed by atoms with Gasteiger partial charge in [0.25, 0.3) is 0 Å². The average Bonchev–Trinajstić information content (AvgIpc) is 2.36. The molecule has 2 bridgehead atoms. The lowest BCUT2D eigenvalue weighted by Crippen LogP contribution is -2.48. The molecule has 1 aliphatic carbocycles. The van der Waals surface area contributed by atoms with Crippen LogP contribution in [0.25, 0.3) is 0 Å². The molecule has 1 saturated carbocycles. The van der Waals surface area contributed by atoms with E-state index >= 15 is 0 Å². The van der Waals surface area contributed by atoms with Crippen LogP contribution < -0.4 is 0 Å². The van der Waals surface area contributed by atoms with Gasteiger partial charge in [0.1, 0.15) is 19.6 Å². The van der Waals surface area contributed by atoms with Crippen LogP contribution in [0.5, 0.6) is 0 Å². The quantitative estimate of drug-likeness (QED) is 0.513. The lowest BCUT2D eigenvalue weighted by Gasteiger charge is -2.37. The van der Waals surface area contributed by atoms with Crippen LogP contribution >= 0.6 is 0 Å². The lowest BCUT2D eigenvalue weighted by atomic mass is 9.73. The van der Waals surface area contributed by atoms with Gasteiger partial charge in [-0.2, -0.15) is 0 Å². The zero-order valence-corrected chi connectivity index (χ0v) is 9.15. The summed E-state index contributed by atoms with van der Waals surface area (Å²) in [5.41, 5.74) is -0.356. The fourth-order valence-electron chi connectivity index (χ4n) is 2.90.